The molecule has 2 N–H and O–H groups in total. The highest BCUT2D eigenvalue weighted by Gasteiger charge is 2.35. The normalized spacial score (nSPS) is 19.9. The van der Waals surface area contributed by atoms with Crippen molar-refractivity contribution in [3.63, 3.8) is 0 Å². The van der Waals surface area contributed by atoms with Gasteiger partial charge in [0.2, 0.25) is 5.91 Å². The van der Waals surface area contributed by atoms with E-state index in [-0.39, 0.29) is 6.54 Å². The standard InChI is InChI=1S/C20H24N4O4/c1-14-10-17(15-11-21-8-6-16(15)22-14)24-9-3-7-20(28,13-24)12-23(2)18(25)4-5-19(26)27/h4-6,8,10-11,28H,3,7,9,12-13H2,1-2H3,(H,26,27)/b5-4+/t20-/m0/s1. The number of β-amino-alcohol motifs (C(OH)–C–C–N with tert-alkyl or cyclic N) is 1. The molecule has 0 bridgehead atoms. The number of carbonyl (C=O) groups is 2. The number of nitrogens with zero attached hydrogens (tertiary/aromatic N) is 4. The highest BCUT2D eigenvalue weighted by molar-refractivity contribution is 5.94. The van der Waals surface area contributed by atoms with E-state index < -0.39 is 17.5 Å². The smallest absolute Gasteiger partial charge is 0.328 e. The predicted octanol–water partition coefficient (Wildman–Crippen LogP) is 1.37. The van der Waals surface area contributed by atoms with Gasteiger partial charge in [-0.15, -0.1) is 0 Å². The number of likely N-dealkylation sites (N-methyl/N-ethyl adjacent to an activating group) is 1. The van der Waals surface area contributed by atoms with Crippen LogP contribution in [-0.2, 0) is 9.59 Å². The highest BCUT2D eigenvalue weighted by Crippen LogP contribution is 2.31. The van der Waals surface area contributed by atoms with Crippen LogP contribution in [0.5, 0.6) is 0 Å². The van der Waals surface area contributed by atoms with E-state index in [0.717, 1.165) is 47.4 Å². The molecular weight excluding hydrogens is 360 g/mol. The Morgan fingerprint density at radius 1 is 1.39 bits per heavy atom. The third-order valence-electron chi connectivity index (χ3n) is 4.89. The number of carboxylic acids is 1. The number of aliphatic carboxylic acids is 1. The number of pyridine rings is 2. The molecule has 0 radical (unpaired) electrons. The van der Waals surface area contributed by atoms with Crippen molar-refractivity contribution in [2.75, 3.05) is 31.6 Å². The van der Waals surface area contributed by atoms with E-state index in [2.05, 4.69) is 14.9 Å². The minimum Gasteiger partial charge on any atom is -0.478 e. The largest absolute Gasteiger partial charge is 0.478 e. The Labute approximate surface area is 163 Å². The van der Waals surface area contributed by atoms with Crippen LogP contribution < -0.4 is 4.90 Å². The topological polar surface area (TPSA) is 107 Å². The van der Waals surface area contributed by atoms with Gasteiger partial charge in [0.1, 0.15) is 0 Å². The minimum absolute atomic E-state index is 0.118. The monoisotopic (exact) mass is 384 g/mol. The van der Waals surface area contributed by atoms with Crippen molar-refractivity contribution in [2.24, 2.45) is 0 Å². The fourth-order valence-electron chi connectivity index (χ4n) is 3.68. The van der Waals surface area contributed by atoms with Crippen molar-refractivity contribution < 1.29 is 19.8 Å². The van der Waals surface area contributed by atoms with E-state index in [9.17, 15) is 14.7 Å². The number of aliphatic hydroxyl groups is 1. The van der Waals surface area contributed by atoms with Crippen LogP contribution >= 0.6 is 0 Å². The molecule has 0 unspecified atom stereocenters. The van der Waals surface area contributed by atoms with Gasteiger partial charge < -0.3 is 20.0 Å². The van der Waals surface area contributed by atoms with Crippen molar-refractivity contribution in [1.82, 2.24) is 14.9 Å². The van der Waals surface area contributed by atoms with E-state index >= 15 is 0 Å². The van der Waals surface area contributed by atoms with Crippen molar-refractivity contribution in [3.8, 4) is 0 Å². The number of anilines is 1. The second kappa shape index (κ2) is 7.93. The van der Waals surface area contributed by atoms with Crippen LogP contribution in [0.2, 0.25) is 0 Å². The average Bonchev–Trinajstić information content (AvgIpc) is 2.64. The van der Waals surface area contributed by atoms with Gasteiger partial charge in [-0.25, -0.2) is 4.79 Å². The first-order valence-electron chi connectivity index (χ1n) is 9.12. The fraction of sp³-hybridized carbons (Fsp3) is 0.400. The molecule has 8 heteroatoms. The summed E-state index contributed by atoms with van der Waals surface area (Å²) in [6, 6.07) is 3.85. The first-order chi connectivity index (χ1) is 13.3. The van der Waals surface area contributed by atoms with Crippen LogP contribution in [0.1, 0.15) is 18.5 Å². The molecule has 3 rings (SSSR count). The fourth-order valence-corrected chi connectivity index (χ4v) is 3.68. The number of amides is 1. The number of carbonyl (C=O) groups excluding carboxylic acids is 1. The lowest BCUT2D eigenvalue weighted by atomic mass is 9.91. The Bertz CT molecular complexity index is 930. The lowest BCUT2D eigenvalue weighted by Crippen LogP contribution is -2.54. The summed E-state index contributed by atoms with van der Waals surface area (Å²) in [5.41, 5.74) is 1.61. The van der Waals surface area contributed by atoms with Gasteiger partial charge in [0, 0.05) is 61.5 Å². The Balaban J connectivity index is 1.80. The summed E-state index contributed by atoms with van der Waals surface area (Å²) in [7, 11) is 1.56. The first kappa shape index (κ1) is 19.8. The molecule has 0 aromatic carbocycles. The maximum atomic E-state index is 12.1. The molecule has 0 aliphatic carbocycles. The molecule has 1 fully saturated rings. The van der Waals surface area contributed by atoms with Gasteiger partial charge in [0.05, 0.1) is 17.7 Å². The van der Waals surface area contributed by atoms with Gasteiger partial charge in [0.15, 0.2) is 0 Å². The zero-order valence-corrected chi connectivity index (χ0v) is 16.0. The van der Waals surface area contributed by atoms with Crippen LogP contribution in [0.25, 0.3) is 10.9 Å². The average molecular weight is 384 g/mol. The van der Waals surface area contributed by atoms with Crippen LogP contribution in [0.4, 0.5) is 5.69 Å². The molecule has 1 amide bonds. The molecule has 148 valence electrons. The maximum Gasteiger partial charge on any atom is 0.328 e. The van der Waals surface area contributed by atoms with E-state index in [0.29, 0.717) is 13.0 Å². The summed E-state index contributed by atoms with van der Waals surface area (Å²) >= 11 is 0. The molecule has 28 heavy (non-hydrogen) atoms. The molecule has 3 heterocycles. The summed E-state index contributed by atoms with van der Waals surface area (Å²) in [5, 5.41) is 20.7. The number of hydrogen-bond acceptors (Lipinski definition) is 6. The van der Waals surface area contributed by atoms with Crippen molar-refractivity contribution in [1.29, 1.82) is 0 Å². The Morgan fingerprint density at radius 3 is 2.93 bits per heavy atom. The lowest BCUT2D eigenvalue weighted by molar-refractivity contribution is -0.132. The highest BCUT2D eigenvalue weighted by atomic mass is 16.4. The van der Waals surface area contributed by atoms with Gasteiger partial charge >= 0.3 is 5.97 Å². The predicted molar refractivity (Wildman–Crippen MR) is 105 cm³/mol. The van der Waals surface area contributed by atoms with E-state index in [4.69, 9.17) is 5.11 Å². The Morgan fingerprint density at radius 2 is 2.18 bits per heavy atom. The molecule has 1 atom stereocenters. The van der Waals surface area contributed by atoms with Gasteiger partial charge in [0.25, 0.3) is 0 Å². The van der Waals surface area contributed by atoms with Crippen molar-refractivity contribution in [2.45, 2.75) is 25.4 Å². The van der Waals surface area contributed by atoms with Crippen LogP contribution in [0, 0.1) is 6.92 Å². The van der Waals surface area contributed by atoms with Crippen LogP contribution in [0.15, 0.2) is 36.7 Å². The van der Waals surface area contributed by atoms with Crippen molar-refractivity contribution >= 4 is 28.5 Å². The Hall–Kier alpha value is -3.00. The van der Waals surface area contributed by atoms with Crippen molar-refractivity contribution in [3.05, 3.63) is 42.4 Å². The second-order valence-corrected chi connectivity index (χ2v) is 7.29. The SMILES string of the molecule is Cc1cc(N2CCC[C@](O)(CN(C)C(=O)/C=C/C(=O)O)C2)c2cnccc2n1. The molecule has 1 saturated heterocycles. The molecule has 0 spiro atoms. The summed E-state index contributed by atoms with van der Waals surface area (Å²) in [4.78, 5) is 34.9. The maximum absolute atomic E-state index is 12.1. The summed E-state index contributed by atoms with van der Waals surface area (Å²) in [6.07, 6.45) is 6.61. The molecular formula is C20H24N4O4. The Kier molecular flexibility index (Phi) is 5.60. The summed E-state index contributed by atoms with van der Waals surface area (Å²) in [6.45, 7) is 3.19. The minimum atomic E-state index is -1.18. The molecule has 8 nitrogen and oxygen atoms in total. The number of aromatic nitrogens is 2. The van der Waals surface area contributed by atoms with Gasteiger partial charge in [-0.3, -0.25) is 14.8 Å². The molecule has 2 aromatic rings. The molecule has 1 aliphatic heterocycles. The van der Waals surface area contributed by atoms with Gasteiger partial charge in [-0.05, 0) is 31.9 Å². The lowest BCUT2D eigenvalue weighted by Gasteiger charge is -2.42. The number of aryl methyl sites for hydroxylation is 1. The summed E-state index contributed by atoms with van der Waals surface area (Å²) < 4.78 is 0. The zero-order chi connectivity index (χ0) is 20.3. The number of piperidine rings is 1. The number of rotatable bonds is 5. The number of fused-ring (bicyclic) bond motifs is 1. The number of carboxylic acid groups (broad SMARTS) is 1. The summed E-state index contributed by atoms with van der Waals surface area (Å²) in [5.74, 6) is -1.64. The third kappa shape index (κ3) is 4.45. The first-order valence-corrected chi connectivity index (χ1v) is 9.12. The van der Waals surface area contributed by atoms with E-state index in [1.165, 1.54) is 4.90 Å². The second-order valence-electron chi connectivity index (χ2n) is 7.29. The molecule has 1 aliphatic rings. The zero-order valence-electron chi connectivity index (χ0n) is 16.0. The van der Waals surface area contributed by atoms with Crippen LogP contribution in [0.3, 0.4) is 0 Å². The van der Waals surface area contributed by atoms with Gasteiger partial charge in [-0.2, -0.15) is 0 Å². The molecule has 0 saturated carbocycles. The van der Waals surface area contributed by atoms with E-state index in [1.54, 1.807) is 19.4 Å². The third-order valence-corrected chi connectivity index (χ3v) is 4.89. The van der Waals surface area contributed by atoms with Crippen LogP contribution in [-0.4, -0.2) is 69.2 Å². The quantitative estimate of drug-likeness (QED) is 0.750. The van der Waals surface area contributed by atoms with E-state index in [1.807, 2.05) is 19.1 Å². The molecule has 2 aromatic heterocycles. The van der Waals surface area contributed by atoms with Gasteiger partial charge in [-0.1, -0.05) is 0 Å². The number of hydrogen-bond donors (Lipinski definition) is 2.